The van der Waals surface area contributed by atoms with Gasteiger partial charge in [-0.1, -0.05) is 12.1 Å². The summed E-state index contributed by atoms with van der Waals surface area (Å²) < 4.78 is 38.7. The molecule has 1 N–H and O–H groups in total. The van der Waals surface area contributed by atoms with Crippen LogP contribution in [0.2, 0.25) is 0 Å². The SMILES string of the molecule is CC(C)(C)OC(=O)N1CC(Oc2cc(C(=O)O)cc(-c3cccc(F)c3F)c2)C1. The Labute approximate surface area is 166 Å². The summed E-state index contributed by atoms with van der Waals surface area (Å²) in [7, 11) is 0. The fourth-order valence-corrected chi connectivity index (χ4v) is 2.85. The number of hydrogen-bond acceptors (Lipinski definition) is 4. The van der Waals surface area contributed by atoms with E-state index in [9.17, 15) is 23.5 Å². The van der Waals surface area contributed by atoms with E-state index in [-0.39, 0.29) is 41.6 Å². The van der Waals surface area contributed by atoms with Gasteiger partial charge in [-0.3, -0.25) is 0 Å². The first-order chi connectivity index (χ1) is 13.5. The molecule has 0 saturated carbocycles. The lowest BCUT2D eigenvalue weighted by atomic mass is 10.0. The summed E-state index contributed by atoms with van der Waals surface area (Å²) >= 11 is 0. The minimum absolute atomic E-state index is 0.0676. The van der Waals surface area contributed by atoms with Crippen molar-refractivity contribution in [1.29, 1.82) is 0 Å². The molecular formula is C21H21F2NO5. The Balaban J connectivity index is 1.77. The zero-order valence-corrected chi connectivity index (χ0v) is 16.2. The van der Waals surface area contributed by atoms with Crippen LogP contribution >= 0.6 is 0 Å². The highest BCUT2D eigenvalue weighted by Crippen LogP contribution is 2.30. The van der Waals surface area contributed by atoms with E-state index in [1.165, 1.54) is 35.2 Å². The number of halogens is 2. The first kappa shape index (κ1) is 20.6. The van der Waals surface area contributed by atoms with Crippen LogP contribution in [0.15, 0.2) is 36.4 Å². The Morgan fingerprint density at radius 1 is 1.14 bits per heavy atom. The maximum absolute atomic E-state index is 14.1. The molecule has 1 aliphatic rings. The Kier molecular flexibility index (Phi) is 5.46. The van der Waals surface area contributed by atoms with Crippen LogP contribution in [0.5, 0.6) is 5.75 Å². The molecule has 29 heavy (non-hydrogen) atoms. The van der Waals surface area contributed by atoms with Crippen LogP contribution in [0, 0.1) is 11.6 Å². The molecule has 2 aromatic rings. The van der Waals surface area contributed by atoms with Gasteiger partial charge in [-0.2, -0.15) is 0 Å². The summed E-state index contributed by atoms with van der Waals surface area (Å²) in [5.74, 6) is -3.13. The van der Waals surface area contributed by atoms with Gasteiger partial charge in [0.1, 0.15) is 17.5 Å². The highest BCUT2D eigenvalue weighted by atomic mass is 19.2. The van der Waals surface area contributed by atoms with Crippen molar-refractivity contribution in [3.05, 3.63) is 53.6 Å². The largest absolute Gasteiger partial charge is 0.487 e. The fourth-order valence-electron chi connectivity index (χ4n) is 2.85. The van der Waals surface area contributed by atoms with Gasteiger partial charge in [0.05, 0.1) is 18.7 Å². The second kappa shape index (κ2) is 7.69. The zero-order valence-electron chi connectivity index (χ0n) is 16.2. The summed E-state index contributed by atoms with van der Waals surface area (Å²) in [5, 5.41) is 9.34. The van der Waals surface area contributed by atoms with Gasteiger partial charge < -0.3 is 19.5 Å². The molecule has 2 aromatic carbocycles. The predicted molar refractivity (Wildman–Crippen MR) is 101 cm³/mol. The average Bonchev–Trinajstić information content (AvgIpc) is 2.58. The number of carboxylic acids is 1. The standard InChI is InChI=1S/C21H21F2NO5/c1-21(2,3)29-20(27)24-10-15(11-24)28-14-8-12(7-13(9-14)19(25)26)16-5-4-6-17(22)18(16)23/h4-9,15H,10-11H2,1-3H3,(H,25,26). The number of carbonyl (C=O) groups excluding carboxylic acids is 1. The molecule has 0 bridgehead atoms. The quantitative estimate of drug-likeness (QED) is 0.820. The van der Waals surface area contributed by atoms with Gasteiger partial charge in [-0.15, -0.1) is 0 Å². The Morgan fingerprint density at radius 3 is 2.45 bits per heavy atom. The van der Waals surface area contributed by atoms with Crippen molar-refractivity contribution in [2.75, 3.05) is 13.1 Å². The zero-order chi connectivity index (χ0) is 21.3. The lowest BCUT2D eigenvalue weighted by Crippen LogP contribution is -2.57. The third kappa shape index (κ3) is 4.82. The second-order valence-corrected chi connectivity index (χ2v) is 7.78. The number of carbonyl (C=O) groups is 2. The molecule has 1 heterocycles. The molecule has 0 aromatic heterocycles. The highest BCUT2D eigenvalue weighted by Gasteiger charge is 2.35. The number of likely N-dealkylation sites (tertiary alicyclic amines) is 1. The van der Waals surface area contributed by atoms with Gasteiger partial charge in [-0.05, 0) is 50.6 Å². The molecular weight excluding hydrogens is 384 g/mol. The molecule has 154 valence electrons. The minimum Gasteiger partial charge on any atom is -0.487 e. The number of benzene rings is 2. The Morgan fingerprint density at radius 2 is 1.83 bits per heavy atom. The van der Waals surface area contributed by atoms with E-state index >= 15 is 0 Å². The lowest BCUT2D eigenvalue weighted by Gasteiger charge is -2.39. The van der Waals surface area contributed by atoms with Crippen LogP contribution in [-0.4, -0.2) is 46.9 Å². The van der Waals surface area contributed by atoms with Gasteiger partial charge in [0, 0.05) is 5.56 Å². The maximum Gasteiger partial charge on any atom is 0.410 e. The molecule has 1 fully saturated rings. The van der Waals surface area contributed by atoms with Gasteiger partial charge in [0.2, 0.25) is 0 Å². The second-order valence-electron chi connectivity index (χ2n) is 7.78. The molecule has 1 amide bonds. The smallest absolute Gasteiger partial charge is 0.410 e. The van der Waals surface area contributed by atoms with E-state index in [0.717, 1.165) is 6.07 Å². The van der Waals surface area contributed by atoms with Crippen LogP contribution in [0.25, 0.3) is 11.1 Å². The number of nitrogens with zero attached hydrogens (tertiary/aromatic N) is 1. The van der Waals surface area contributed by atoms with Gasteiger partial charge >= 0.3 is 12.1 Å². The summed E-state index contributed by atoms with van der Waals surface area (Å²) in [6.45, 7) is 5.85. The van der Waals surface area contributed by atoms with Crippen LogP contribution in [-0.2, 0) is 4.74 Å². The van der Waals surface area contributed by atoms with E-state index in [2.05, 4.69) is 0 Å². The van der Waals surface area contributed by atoms with Crippen molar-refractivity contribution in [2.45, 2.75) is 32.5 Å². The summed E-state index contributed by atoms with van der Waals surface area (Å²) in [4.78, 5) is 24.9. The van der Waals surface area contributed by atoms with E-state index in [4.69, 9.17) is 9.47 Å². The molecule has 1 aliphatic heterocycles. The molecule has 0 radical (unpaired) electrons. The van der Waals surface area contributed by atoms with Gasteiger partial charge in [0.25, 0.3) is 0 Å². The van der Waals surface area contributed by atoms with Crippen LogP contribution < -0.4 is 4.74 Å². The molecule has 0 aliphatic carbocycles. The maximum atomic E-state index is 14.1. The van der Waals surface area contributed by atoms with E-state index in [1.807, 2.05) is 0 Å². The van der Waals surface area contributed by atoms with Crippen molar-refractivity contribution in [3.63, 3.8) is 0 Å². The minimum atomic E-state index is -1.22. The summed E-state index contributed by atoms with van der Waals surface area (Å²) in [6.07, 6.45) is -0.823. The monoisotopic (exact) mass is 405 g/mol. The number of amides is 1. The first-order valence-corrected chi connectivity index (χ1v) is 9.01. The Hall–Kier alpha value is -3.16. The van der Waals surface area contributed by atoms with E-state index in [1.54, 1.807) is 20.8 Å². The molecule has 8 heteroatoms. The number of aromatic carboxylic acids is 1. The number of rotatable bonds is 4. The third-order valence-electron chi connectivity index (χ3n) is 4.22. The average molecular weight is 405 g/mol. The molecule has 1 saturated heterocycles. The van der Waals surface area contributed by atoms with Crippen LogP contribution in [0.1, 0.15) is 31.1 Å². The lowest BCUT2D eigenvalue weighted by molar-refractivity contribution is -0.0221. The molecule has 3 rings (SSSR count). The molecule has 6 nitrogen and oxygen atoms in total. The highest BCUT2D eigenvalue weighted by molar-refractivity contribution is 5.90. The van der Waals surface area contributed by atoms with E-state index in [0.29, 0.717) is 0 Å². The normalized spacial score (nSPS) is 14.3. The molecule has 0 spiro atoms. The number of ether oxygens (including phenoxy) is 2. The third-order valence-corrected chi connectivity index (χ3v) is 4.22. The summed E-state index contributed by atoms with van der Waals surface area (Å²) in [6, 6.07) is 7.68. The van der Waals surface area contributed by atoms with Crippen molar-refractivity contribution >= 4 is 12.1 Å². The topological polar surface area (TPSA) is 76.1 Å². The fraction of sp³-hybridized carbons (Fsp3) is 0.333. The first-order valence-electron chi connectivity index (χ1n) is 9.01. The van der Waals surface area contributed by atoms with Gasteiger partial charge in [-0.25, -0.2) is 18.4 Å². The molecule has 0 atom stereocenters. The number of carboxylic acid groups (broad SMARTS) is 1. The van der Waals surface area contributed by atoms with E-state index < -0.39 is 29.3 Å². The molecule has 0 unspecified atom stereocenters. The summed E-state index contributed by atoms with van der Waals surface area (Å²) in [5.41, 5.74) is -0.616. The van der Waals surface area contributed by atoms with Crippen molar-refractivity contribution in [3.8, 4) is 16.9 Å². The Bertz CT molecular complexity index is 949. The van der Waals surface area contributed by atoms with Crippen molar-refractivity contribution < 1.29 is 33.0 Å². The van der Waals surface area contributed by atoms with Crippen molar-refractivity contribution in [2.24, 2.45) is 0 Å². The van der Waals surface area contributed by atoms with Crippen molar-refractivity contribution in [1.82, 2.24) is 4.90 Å². The van der Waals surface area contributed by atoms with Gasteiger partial charge in [0.15, 0.2) is 11.6 Å². The van der Waals surface area contributed by atoms with Crippen LogP contribution in [0.3, 0.4) is 0 Å². The van der Waals surface area contributed by atoms with Crippen LogP contribution in [0.4, 0.5) is 13.6 Å². The predicted octanol–water partition coefficient (Wildman–Crippen LogP) is 4.33. The number of hydrogen-bond donors (Lipinski definition) is 1.